The monoisotopic (exact) mass is 284 g/mol. The lowest BCUT2D eigenvalue weighted by Crippen LogP contribution is -2.27. The molecule has 21 heavy (non-hydrogen) atoms. The van der Waals surface area contributed by atoms with Crippen LogP contribution in [0.4, 0.5) is 11.4 Å². The van der Waals surface area contributed by atoms with Crippen molar-refractivity contribution < 1.29 is 4.74 Å². The third-order valence-electron chi connectivity index (χ3n) is 3.49. The second kappa shape index (κ2) is 8.32. The van der Waals surface area contributed by atoms with E-state index >= 15 is 0 Å². The average molecular weight is 284 g/mol. The zero-order valence-electron chi connectivity index (χ0n) is 12.9. The van der Waals surface area contributed by atoms with Gasteiger partial charge < -0.3 is 15.0 Å². The van der Waals surface area contributed by atoms with Crippen LogP contribution in [0.1, 0.15) is 13.8 Å². The fourth-order valence-electron chi connectivity index (χ4n) is 2.16. The van der Waals surface area contributed by atoms with Crippen molar-refractivity contribution in [2.75, 3.05) is 31.6 Å². The summed E-state index contributed by atoms with van der Waals surface area (Å²) in [5.74, 6) is 0.917. The van der Waals surface area contributed by atoms with Crippen LogP contribution in [0.2, 0.25) is 0 Å². The van der Waals surface area contributed by atoms with Crippen molar-refractivity contribution in [3.8, 4) is 5.75 Å². The number of nitrogens with zero attached hydrogens (tertiary/aromatic N) is 1. The van der Waals surface area contributed by atoms with Crippen LogP contribution >= 0.6 is 0 Å². The maximum Gasteiger partial charge on any atom is 0.119 e. The molecule has 0 aliphatic rings. The number of benzene rings is 2. The molecule has 1 N–H and O–H groups in total. The van der Waals surface area contributed by atoms with Gasteiger partial charge in [-0.2, -0.15) is 0 Å². The number of hydrogen-bond donors (Lipinski definition) is 1. The normalized spacial score (nSPS) is 10.6. The highest BCUT2D eigenvalue weighted by molar-refractivity contribution is 5.59. The molecule has 0 aliphatic heterocycles. The lowest BCUT2D eigenvalue weighted by Gasteiger charge is -2.18. The highest BCUT2D eigenvalue weighted by Gasteiger charge is 2.00. The second-order valence-corrected chi connectivity index (χ2v) is 4.89. The van der Waals surface area contributed by atoms with Crippen molar-refractivity contribution >= 4 is 11.4 Å². The fourth-order valence-corrected chi connectivity index (χ4v) is 2.16. The molecule has 2 rings (SSSR count). The summed E-state index contributed by atoms with van der Waals surface area (Å²) >= 11 is 0. The Kier molecular flexibility index (Phi) is 6.10. The van der Waals surface area contributed by atoms with E-state index in [9.17, 15) is 0 Å². The molecular formula is C18H24N2O. The average Bonchev–Trinajstić information content (AvgIpc) is 2.54. The zero-order valence-corrected chi connectivity index (χ0v) is 12.9. The molecular weight excluding hydrogens is 260 g/mol. The van der Waals surface area contributed by atoms with Crippen LogP contribution in [0.15, 0.2) is 54.6 Å². The Labute approximate surface area is 127 Å². The van der Waals surface area contributed by atoms with Crippen molar-refractivity contribution in [3.63, 3.8) is 0 Å². The lowest BCUT2D eigenvalue weighted by atomic mass is 10.2. The first-order valence-electron chi connectivity index (χ1n) is 7.59. The molecule has 0 amide bonds. The quantitative estimate of drug-likeness (QED) is 0.788. The van der Waals surface area contributed by atoms with Crippen molar-refractivity contribution in [2.24, 2.45) is 0 Å². The van der Waals surface area contributed by atoms with Crippen molar-refractivity contribution in [1.82, 2.24) is 4.90 Å². The van der Waals surface area contributed by atoms with E-state index in [4.69, 9.17) is 4.74 Å². The summed E-state index contributed by atoms with van der Waals surface area (Å²) < 4.78 is 5.78. The second-order valence-electron chi connectivity index (χ2n) is 4.89. The van der Waals surface area contributed by atoms with Crippen LogP contribution in [0.5, 0.6) is 5.75 Å². The smallest absolute Gasteiger partial charge is 0.119 e. The van der Waals surface area contributed by atoms with E-state index in [0.717, 1.165) is 43.4 Å². The van der Waals surface area contributed by atoms with Gasteiger partial charge in [0, 0.05) is 17.9 Å². The number of anilines is 2. The molecule has 0 unspecified atom stereocenters. The number of likely N-dealkylation sites (N-methyl/N-ethyl adjacent to an activating group) is 1. The molecule has 0 heterocycles. The summed E-state index contributed by atoms with van der Waals surface area (Å²) in [7, 11) is 0. The largest absolute Gasteiger partial charge is 0.492 e. The van der Waals surface area contributed by atoms with Gasteiger partial charge in [0.05, 0.1) is 0 Å². The molecule has 0 spiro atoms. The van der Waals surface area contributed by atoms with Crippen molar-refractivity contribution in [1.29, 1.82) is 0 Å². The highest BCUT2D eigenvalue weighted by Crippen LogP contribution is 2.19. The molecule has 0 radical (unpaired) electrons. The van der Waals surface area contributed by atoms with E-state index in [-0.39, 0.29) is 0 Å². The minimum absolute atomic E-state index is 0.729. The van der Waals surface area contributed by atoms with Gasteiger partial charge in [0.2, 0.25) is 0 Å². The Bertz CT molecular complexity index is 507. The highest BCUT2D eigenvalue weighted by atomic mass is 16.5. The summed E-state index contributed by atoms with van der Waals surface area (Å²) in [5, 5.41) is 3.36. The fraction of sp³-hybridized carbons (Fsp3) is 0.333. The number of rotatable bonds is 8. The molecule has 3 nitrogen and oxygen atoms in total. The minimum Gasteiger partial charge on any atom is -0.492 e. The molecule has 0 saturated carbocycles. The molecule has 112 valence electrons. The topological polar surface area (TPSA) is 24.5 Å². The van der Waals surface area contributed by atoms with Gasteiger partial charge in [0.1, 0.15) is 12.4 Å². The molecule has 0 bridgehead atoms. The Balaban J connectivity index is 1.82. The lowest BCUT2D eigenvalue weighted by molar-refractivity contribution is 0.223. The predicted octanol–water partition coefficient (Wildman–Crippen LogP) is 4.15. The molecule has 0 saturated heterocycles. The van der Waals surface area contributed by atoms with E-state index in [2.05, 4.69) is 36.2 Å². The maximum absolute atomic E-state index is 5.78. The number of nitrogens with one attached hydrogen (secondary N) is 1. The van der Waals surface area contributed by atoms with Crippen LogP contribution in [-0.2, 0) is 0 Å². The summed E-state index contributed by atoms with van der Waals surface area (Å²) in [6.45, 7) is 8.19. The van der Waals surface area contributed by atoms with Crippen molar-refractivity contribution in [2.45, 2.75) is 13.8 Å². The van der Waals surface area contributed by atoms with Crippen molar-refractivity contribution in [3.05, 3.63) is 54.6 Å². The van der Waals surface area contributed by atoms with Crippen LogP contribution in [-0.4, -0.2) is 31.1 Å². The Morgan fingerprint density at radius 2 is 1.48 bits per heavy atom. The van der Waals surface area contributed by atoms with Crippen LogP contribution in [0, 0.1) is 0 Å². The Hall–Kier alpha value is -2.00. The number of hydrogen-bond acceptors (Lipinski definition) is 3. The van der Waals surface area contributed by atoms with Crippen LogP contribution in [0.3, 0.4) is 0 Å². The molecule has 0 aliphatic carbocycles. The first kappa shape index (κ1) is 15.4. The standard InChI is InChI=1S/C18H24N2O/c1-3-20(4-2)14-15-21-18-12-10-17(11-13-18)19-16-8-6-5-7-9-16/h5-13,19H,3-4,14-15H2,1-2H3. The summed E-state index contributed by atoms with van der Waals surface area (Å²) in [5.41, 5.74) is 2.16. The van der Waals surface area contributed by atoms with E-state index in [0.29, 0.717) is 0 Å². The van der Waals surface area contributed by atoms with Gasteiger partial charge in [-0.3, -0.25) is 0 Å². The molecule has 0 fully saturated rings. The Morgan fingerprint density at radius 3 is 2.10 bits per heavy atom. The zero-order chi connectivity index (χ0) is 14.9. The van der Waals surface area contributed by atoms with Gasteiger partial charge >= 0.3 is 0 Å². The van der Waals surface area contributed by atoms with Gasteiger partial charge in [-0.05, 0) is 49.5 Å². The van der Waals surface area contributed by atoms with E-state index < -0.39 is 0 Å². The van der Waals surface area contributed by atoms with Gasteiger partial charge in [-0.25, -0.2) is 0 Å². The van der Waals surface area contributed by atoms with Gasteiger partial charge in [-0.15, -0.1) is 0 Å². The molecule has 3 heteroatoms. The molecule has 0 atom stereocenters. The first-order valence-corrected chi connectivity index (χ1v) is 7.59. The van der Waals surface area contributed by atoms with Gasteiger partial charge in [0.15, 0.2) is 0 Å². The van der Waals surface area contributed by atoms with Gasteiger partial charge in [-0.1, -0.05) is 32.0 Å². The summed E-state index contributed by atoms with van der Waals surface area (Å²) in [6.07, 6.45) is 0. The molecule has 0 aromatic heterocycles. The third kappa shape index (κ3) is 5.12. The van der Waals surface area contributed by atoms with Crippen LogP contribution < -0.4 is 10.1 Å². The first-order chi connectivity index (χ1) is 10.3. The minimum atomic E-state index is 0.729. The predicted molar refractivity (Wildman–Crippen MR) is 89.4 cm³/mol. The number of ether oxygens (including phenoxy) is 1. The number of para-hydroxylation sites is 1. The summed E-state index contributed by atoms with van der Waals surface area (Å²) in [6, 6.07) is 18.3. The maximum atomic E-state index is 5.78. The van der Waals surface area contributed by atoms with E-state index in [1.807, 2.05) is 42.5 Å². The molecule has 2 aromatic carbocycles. The van der Waals surface area contributed by atoms with Gasteiger partial charge in [0.25, 0.3) is 0 Å². The SMILES string of the molecule is CCN(CC)CCOc1ccc(Nc2ccccc2)cc1. The van der Waals surface area contributed by atoms with E-state index in [1.165, 1.54) is 0 Å². The summed E-state index contributed by atoms with van der Waals surface area (Å²) in [4.78, 5) is 2.35. The third-order valence-corrected chi connectivity index (χ3v) is 3.49. The molecule has 2 aromatic rings. The van der Waals surface area contributed by atoms with Crippen LogP contribution in [0.25, 0.3) is 0 Å². The van der Waals surface area contributed by atoms with E-state index in [1.54, 1.807) is 0 Å². The Morgan fingerprint density at radius 1 is 0.857 bits per heavy atom.